The molecule has 2 N–H and O–H groups in total. The highest BCUT2D eigenvalue weighted by Gasteiger charge is 2.05. The van der Waals surface area contributed by atoms with Crippen LogP contribution < -0.4 is 5.73 Å². The number of rotatable bonds is 0. The SMILES string of the molecule is NC1=NC(=S)OC1. The van der Waals surface area contributed by atoms with Crippen LogP contribution in [-0.4, -0.2) is 17.6 Å². The van der Waals surface area contributed by atoms with Crippen molar-refractivity contribution in [3.05, 3.63) is 0 Å². The Morgan fingerprint density at radius 2 is 2.57 bits per heavy atom. The zero-order chi connectivity index (χ0) is 5.28. The average Bonchev–Trinajstić information content (AvgIpc) is 1.87. The molecule has 1 aliphatic heterocycles. The Balaban J connectivity index is 2.67. The molecule has 0 radical (unpaired) electrons. The molecular weight excluding hydrogens is 112 g/mol. The van der Waals surface area contributed by atoms with Crippen LogP contribution in [0.25, 0.3) is 0 Å². The molecule has 38 valence electrons. The van der Waals surface area contributed by atoms with Crippen molar-refractivity contribution >= 4 is 23.2 Å². The standard InChI is InChI=1S/C3H4N2OS/c4-2-1-6-3(7)5-2/h1H2,(H2,4,5,7). The predicted octanol–water partition coefficient (Wildman–Crippen LogP) is -0.341. The molecule has 7 heavy (non-hydrogen) atoms. The van der Waals surface area contributed by atoms with Crippen LogP contribution in [0.15, 0.2) is 4.99 Å². The number of aliphatic imine (C=N–C) groups is 1. The van der Waals surface area contributed by atoms with E-state index in [2.05, 4.69) is 21.9 Å². The van der Waals surface area contributed by atoms with Gasteiger partial charge < -0.3 is 10.5 Å². The van der Waals surface area contributed by atoms with Crippen LogP contribution in [0.5, 0.6) is 0 Å². The Bertz CT molecular complexity index is 131. The second-order valence-corrected chi connectivity index (χ2v) is 1.51. The van der Waals surface area contributed by atoms with Crippen LogP contribution in [0.2, 0.25) is 0 Å². The Hall–Kier alpha value is -0.640. The molecule has 1 aliphatic rings. The third-order valence-electron chi connectivity index (χ3n) is 0.578. The summed E-state index contributed by atoms with van der Waals surface area (Å²) in [6.07, 6.45) is 0. The molecule has 0 aromatic rings. The minimum atomic E-state index is 0.248. The Kier molecular flexibility index (Phi) is 0.941. The third kappa shape index (κ3) is 0.866. The third-order valence-corrected chi connectivity index (χ3v) is 0.788. The van der Waals surface area contributed by atoms with Gasteiger partial charge in [-0.1, -0.05) is 0 Å². The van der Waals surface area contributed by atoms with Crippen molar-refractivity contribution in [2.24, 2.45) is 10.7 Å². The molecule has 0 saturated heterocycles. The van der Waals surface area contributed by atoms with E-state index in [9.17, 15) is 0 Å². The molecule has 1 heterocycles. The van der Waals surface area contributed by atoms with Crippen LogP contribution in [-0.2, 0) is 4.74 Å². The Morgan fingerprint density at radius 3 is 2.71 bits per heavy atom. The van der Waals surface area contributed by atoms with Gasteiger partial charge in [0.25, 0.3) is 5.17 Å². The van der Waals surface area contributed by atoms with Gasteiger partial charge in [-0.05, 0) is 12.2 Å². The number of hydrogen-bond donors (Lipinski definition) is 1. The highest BCUT2D eigenvalue weighted by Crippen LogP contribution is 1.92. The second kappa shape index (κ2) is 1.46. The summed E-state index contributed by atoms with van der Waals surface area (Å²) >= 11 is 4.51. The van der Waals surface area contributed by atoms with Crippen molar-refractivity contribution in [1.82, 2.24) is 0 Å². The fraction of sp³-hybridized carbons (Fsp3) is 0.333. The maximum Gasteiger partial charge on any atom is 0.285 e. The van der Waals surface area contributed by atoms with E-state index >= 15 is 0 Å². The minimum absolute atomic E-state index is 0.248. The number of ether oxygens (including phenoxy) is 1. The summed E-state index contributed by atoms with van der Waals surface area (Å²) in [7, 11) is 0. The number of nitrogens with zero attached hydrogens (tertiary/aromatic N) is 1. The summed E-state index contributed by atoms with van der Waals surface area (Å²) in [6, 6.07) is 0. The number of hydrogen-bond acceptors (Lipinski definition) is 3. The van der Waals surface area contributed by atoms with E-state index in [1.165, 1.54) is 0 Å². The Labute approximate surface area is 46.2 Å². The summed E-state index contributed by atoms with van der Waals surface area (Å²) < 4.78 is 4.67. The van der Waals surface area contributed by atoms with Crippen LogP contribution >= 0.6 is 12.2 Å². The average molecular weight is 116 g/mol. The van der Waals surface area contributed by atoms with E-state index < -0.39 is 0 Å². The zero-order valence-electron chi connectivity index (χ0n) is 3.55. The first kappa shape index (κ1) is 4.52. The fourth-order valence-corrected chi connectivity index (χ4v) is 0.494. The summed E-state index contributed by atoms with van der Waals surface area (Å²) in [6.45, 7) is 0.360. The van der Waals surface area contributed by atoms with Gasteiger partial charge in [0.1, 0.15) is 12.4 Å². The van der Waals surface area contributed by atoms with Gasteiger partial charge in [-0.25, -0.2) is 0 Å². The lowest BCUT2D eigenvalue weighted by atomic mass is 10.7. The van der Waals surface area contributed by atoms with Gasteiger partial charge in [0.05, 0.1) is 0 Å². The molecule has 0 aromatic heterocycles. The van der Waals surface area contributed by atoms with Gasteiger partial charge in [-0.2, -0.15) is 4.99 Å². The van der Waals surface area contributed by atoms with Crippen molar-refractivity contribution in [1.29, 1.82) is 0 Å². The monoisotopic (exact) mass is 116 g/mol. The van der Waals surface area contributed by atoms with Gasteiger partial charge in [0.2, 0.25) is 0 Å². The molecule has 4 heteroatoms. The highest BCUT2D eigenvalue weighted by molar-refractivity contribution is 7.80. The second-order valence-electron chi connectivity index (χ2n) is 1.16. The smallest absolute Gasteiger partial charge is 0.285 e. The van der Waals surface area contributed by atoms with Crippen molar-refractivity contribution in [2.45, 2.75) is 0 Å². The van der Waals surface area contributed by atoms with E-state index in [0.29, 0.717) is 12.4 Å². The molecule has 0 fully saturated rings. The minimum Gasteiger partial charge on any atom is -0.461 e. The Morgan fingerprint density at radius 1 is 1.86 bits per heavy atom. The molecule has 0 saturated carbocycles. The van der Waals surface area contributed by atoms with Crippen molar-refractivity contribution in [2.75, 3.05) is 6.61 Å². The molecule has 0 amide bonds. The molecule has 0 bridgehead atoms. The van der Waals surface area contributed by atoms with Crippen molar-refractivity contribution in [3.8, 4) is 0 Å². The van der Waals surface area contributed by atoms with Gasteiger partial charge in [0.15, 0.2) is 0 Å². The lowest BCUT2D eigenvalue weighted by molar-refractivity contribution is 0.384. The fourth-order valence-electron chi connectivity index (χ4n) is 0.317. The normalized spacial score (nSPS) is 18.9. The van der Waals surface area contributed by atoms with Crippen LogP contribution in [0.3, 0.4) is 0 Å². The van der Waals surface area contributed by atoms with E-state index in [1.54, 1.807) is 0 Å². The van der Waals surface area contributed by atoms with Gasteiger partial charge in [0, 0.05) is 0 Å². The largest absolute Gasteiger partial charge is 0.461 e. The van der Waals surface area contributed by atoms with E-state index in [-0.39, 0.29) is 5.17 Å². The number of nitrogens with two attached hydrogens (primary N) is 1. The predicted molar refractivity (Wildman–Crippen MR) is 30.2 cm³/mol. The summed E-state index contributed by atoms with van der Waals surface area (Å²) in [5.74, 6) is 0.463. The first-order valence-electron chi connectivity index (χ1n) is 1.79. The quantitative estimate of drug-likeness (QED) is 0.440. The first-order chi connectivity index (χ1) is 3.29. The number of amidine groups is 1. The lowest BCUT2D eigenvalue weighted by Gasteiger charge is -1.84. The highest BCUT2D eigenvalue weighted by atomic mass is 32.1. The maximum absolute atomic E-state index is 5.16. The molecule has 0 spiro atoms. The maximum atomic E-state index is 5.16. The first-order valence-corrected chi connectivity index (χ1v) is 2.19. The van der Waals surface area contributed by atoms with Crippen LogP contribution in [0.4, 0.5) is 0 Å². The number of thiocarbonyl (C=S) groups is 1. The van der Waals surface area contributed by atoms with E-state index in [1.807, 2.05) is 0 Å². The molecule has 0 aliphatic carbocycles. The molecular formula is C3H4N2OS. The molecule has 3 nitrogen and oxygen atoms in total. The van der Waals surface area contributed by atoms with Gasteiger partial charge >= 0.3 is 0 Å². The van der Waals surface area contributed by atoms with Gasteiger partial charge in [-0.15, -0.1) is 0 Å². The van der Waals surface area contributed by atoms with Crippen molar-refractivity contribution < 1.29 is 4.74 Å². The molecule has 1 rings (SSSR count). The zero-order valence-corrected chi connectivity index (χ0v) is 4.36. The van der Waals surface area contributed by atoms with Crippen molar-refractivity contribution in [3.63, 3.8) is 0 Å². The summed E-state index contributed by atoms with van der Waals surface area (Å²) in [4.78, 5) is 3.59. The topological polar surface area (TPSA) is 47.6 Å². The van der Waals surface area contributed by atoms with E-state index in [0.717, 1.165) is 0 Å². The molecule has 0 aromatic carbocycles. The van der Waals surface area contributed by atoms with Crippen LogP contribution in [0.1, 0.15) is 0 Å². The van der Waals surface area contributed by atoms with E-state index in [4.69, 9.17) is 5.73 Å². The summed E-state index contributed by atoms with van der Waals surface area (Å²) in [5.41, 5.74) is 5.16. The van der Waals surface area contributed by atoms with Crippen LogP contribution in [0, 0.1) is 0 Å². The lowest BCUT2D eigenvalue weighted by Crippen LogP contribution is -2.11. The molecule has 0 unspecified atom stereocenters. The molecule has 0 atom stereocenters. The van der Waals surface area contributed by atoms with Gasteiger partial charge in [-0.3, -0.25) is 0 Å². The summed E-state index contributed by atoms with van der Waals surface area (Å²) in [5, 5.41) is 0.248.